The molecule has 4 heteroatoms. The van der Waals surface area contributed by atoms with Gasteiger partial charge in [0.15, 0.2) is 0 Å². The lowest BCUT2D eigenvalue weighted by Gasteiger charge is -2.29. The number of rotatable bonds is 6. The molecular weight excluding hydrogens is 276 g/mol. The molecule has 4 nitrogen and oxygen atoms in total. The second-order valence-corrected chi connectivity index (χ2v) is 5.44. The fourth-order valence-electron chi connectivity index (χ4n) is 2.45. The first-order valence-corrected chi connectivity index (χ1v) is 7.45. The Labute approximate surface area is 131 Å². The van der Waals surface area contributed by atoms with Gasteiger partial charge in [-0.05, 0) is 36.6 Å². The normalized spacial score (nSPS) is 13.4. The van der Waals surface area contributed by atoms with E-state index >= 15 is 0 Å². The van der Waals surface area contributed by atoms with Crippen LogP contribution in [0.4, 0.5) is 0 Å². The van der Waals surface area contributed by atoms with Gasteiger partial charge in [0.25, 0.3) is 0 Å². The smallest absolute Gasteiger partial charge is 0.318 e. The molecule has 2 aromatic rings. The fourth-order valence-corrected chi connectivity index (χ4v) is 2.45. The number of pyridine rings is 1. The van der Waals surface area contributed by atoms with Gasteiger partial charge in [-0.25, -0.2) is 0 Å². The molecule has 22 heavy (non-hydrogen) atoms. The van der Waals surface area contributed by atoms with E-state index in [1.165, 1.54) is 0 Å². The number of carbonyl (C=O) groups excluding carboxylic acids is 1. The highest BCUT2D eigenvalue weighted by Crippen LogP contribution is 2.29. The van der Waals surface area contributed by atoms with Crippen molar-refractivity contribution in [3.8, 4) is 0 Å². The van der Waals surface area contributed by atoms with Gasteiger partial charge in [0.1, 0.15) is 12.0 Å². The van der Waals surface area contributed by atoms with Crippen LogP contribution in [0.2, 0.25) is 0 Å². The van der Waals surface area contributed by atoms with Crippen molar-refractivity contribution < 1.29 is 9.53 Å². The number of aryl methyl sites for hydroxylation is 1. The Bertz CT molecular complexity index is 605. The maximum atomic E-state index is 12.7. The quantitative estimate of drug-likeness (QED) is 0.833. The zero-order valence-electron chi connectivity index (χ0n) is 13.1. The largest absolute Gasteiger partial charge is 0.460 e. The Morgan fingerprint density at radius 2 is 1.82 bits per heavy atom. The molecule has 0 saturated heterocycles. The number of hydrogen-bond acceptors (Lipinski definition) is 4. The van der Waals surface area contributed by atoms with Crippen molar-refractivity contribution in [3.63, 3.8) is 0 Å². The first-order chi connectivity index (χ1) is 10.6. The topological polar surface area (TPSA) is 65.2 Å². The molecule has 1 aromatic carbocycles. The Morgan fingerprint density at radius 3 is 2.36 bits per heavy atom. The molecule has 0 bridgehead atoms. The summed E-state index contributed by atoms with van der Waals surface area (Å²) in [5.41, 5.74) is 8.12. The van der Waals surface area contributed by atoms with E-state index in [1.807, 2.05) is 50.2 Å². The van der Waals surface area contributed by atoms with E-state index in [1.54, 1.807) is 12.4 Å². The minimum absolute atomic E-state index is 0.224. The maximum absolute atomic E-state index is 12.7. The van der Waals surface area contributed by atoms with Crippen LogP contribution in [0.3, 0.4) is 0 Å². The van der Waals surface area contributed by atoms with Crippen LogP contribution in [-0.2, 0) is 21.6 Å². The first-order valence-electron chi connectivity index (χ1n) is 7.45. The molecule has 2 rings (SSSR count). The summed E-state index contributed by atoms with van der Waals surface area (Å²) in [5, 5.41) is 0. The van der Waals surface area contributed by atoms with E-state index in [-0.39, 0.29) is 19.1 Å². The number of carbonyl (C=O) groups is 1. The summed E-state index contributed by atoms with van der Waals surface area (Å²) >= 11 is 0. The molecule has 2 N–H and O–H groups in total. The molecule has 1 heterocycles. The number of hydrogen-bond donors (Lipinski definition) is 1. The maximum Gasteiger partial charge on any atom is 0.318 e. The van der Waals surface area contributed by atoms with Crippen molar-refractivity contribution in [3.05, 3.63) is 65.5 Å². The van der Waals surface area contributed by atoms with Crippen molar-refractivity contribution >= 4 is 5.97 Å². The zero-order valence-corrected chi connectivity index (χ0v) is 13.1. The summed E-state index contributed by atoms with van der Waals surface area (Å²) in [6, 6.07) is 11.6. The predicted octanol–water partition coefficient (Wildman–Crippen LogP) is 2.74. The molecule has 116 valence electrons. The zero-order chi connectivity index (χ0) is 16.0. The van der Waals surface area contributed by atoms with E-state index in [0.717, 1.165) is 16.7 Å². The van der Waals surface area contributed by atoms with E-state index in [9.17, 15) is 4.79 Å². The van der Waals surface area contributed by atoms with Crippen LogP contribution in [0.15, 0.2) is 48.8 Å². The standard InChI is InChI=1S/C18H22N2O2/c1-3-18(13-19,16-6-4-14(2)5-7-16)17(21)22-12-15-8-10-20-11-9-15/h4-11H,3,12-13,19H2,1-2H3. The van der Waals surface area contributed by atoms with Gasteiger partial charge in [-0.1, -0.05) is 36.8 Å². The minimum Gasteiger partial charge on any atom is -0.460 e. The number of nitrogens with zero attached hydrogens (tertiary/aromatic N) is 1. The van der Waals surface area contributed by atoms with E-state index in [2.05, 4.69) is 4.98 Å². The number of nitrogens with two attached hydrogens (primary N) is 1. The summed E-state index contributed by atoms with van der Waals surface area (Å²) in [4.78, 5) is 16.6. The van der Waals surface area contributed by atoms with Crippen LogP contribution in [0.25, 0.3) is 0 Å². The van der Waals surface area contributed by atoms with Crippen LogP contribution in [0, 0.1) is 6.92 Å². The van der Waals surface area contributed by atoms with Gasteiger partial charge in [0, 0.05) is 18.9 Å². The summed E-state index contributed by atoms with van der Waals surface area (Å²) < 4.78 is 5.51. The van der Waals surface area contributed by atoms with E-state index < -0.39 is 5.41 Å². The lowest BCUT2D eigenvalue weighted by atomic mass is 9.78. The highest BCUT2D eigenvalue weighted by molar-refractivity contribution is 5.83. The highest BCUT2D eigenvalue weighted by Gasteiger charge is 2.38. The van der Waals surface area contributed by atoms with Gasteiger partial charge in [-0.15, -0.1) is 0 Å². The lowest BCUT2D eigenvalue weighted by Crippen LogP contribution is -2.43. The third kappa shape index (κ3) is 3.34. The van der Waals surface area contributed by atoms with Gasteiger partial charge in [-0.2, -0.15) is 0 Å². The molecule has 0 aliphatic carbocycles. The van der Waals surface area contributed by atoms with Crippen molar-refractivity contribution in [1.82, 2.24) is 4.98 Å². The van der Waals surface area contributed by atoms with Gasteiger partial charge >= 0.3 is 5.97 Å². The number of aromatic nitrogens is 1. The summed E-state index contributed by atoms with van der Waals surface area (Å²) in [7, 11) is 0. The van der Waals surface area contributed by atoms with Crippen LogP contribution < -0.4 is 5.73 Å². The molecule has 0 spiro atoms. The Balaban J connectivity index is 2.19. The van der Waals surface area contributed by atoms with Crippen LogP contribution in [0.1, 0.15) is 30.0 Å². The molecule has 1 aromatic heterocycles. The van der Waals surface area contributed by atoms with E-state index in [4.69, 9.17) is 10.5 Å². The van der Waals surface area contributed by atoms with Crippen LogP contribution >= 0.6 is 0 Å². The van der Waals surface area contributed by atoms with E-state index in [0.29, 0.717) is 6.42 Å². The van der Waals surface area contributed by atoms with Gasteiger partial charge in [0.2, 0.25) is 0 Å². The van der Waals surface area contributed by atoms with Crippen LogP contribution in [-0.4, -0.2) is 17.5 Å². The van der Waals surface area contributed by atoms with Gasteiger partial charge in [0.05, 0.1) is 0 Å². The molecule has 0 aliphatic heterocycles. The Morgan fingerprint density at radius 1 is 1.18 bits per heavy atom. The lowest BCUT2D eigenvalue weighted by molar-refractivity contribution is -0.152. The summed E-state index contributed by atoms with van der Waals surface area (Å²) in [6.45, 7) is 4.43. The predicted molar refractivity (Wildman–Crippen MR) is 86.2 cm³/mol. The number of ether oxygens (including phenoxy) is 1. The van der Waals surface area contributed by atoms with Crippen molar-refractivity contribution in [2.45, 2.75) is 32.3 Å². The number of benzene rings is 1. The van der Waals surface area contributed by atoms with Crippen molar-refractivity contribution in [2.75, 3.05) is 6.54 Å². The molecule has 0 amide bonds. The van der Waals surface area contributed by atoms with Gasteiger partial charge in [-0.3, -0.25) is 9.78 Å². The van der Waals surface area contributed by atoms with Crippen LogP contribution in [0.5, 0.6) is 0 Å². The molecule has 0 fully saturated rings. The monoisotopic (exact) mass is 298 g/mol. The third-order valence-corrected chi connectivity index (χ3v) is 4.07. The summed E-state index contributed by atoms with van der Waals surface area (Å²) in [6.07, 6.45) is 3.96. The Hall–Kier alpha value is -2.20. The number of esters is 1. The van der Waals surface area contributed by atoms with Gasteiger partial charge < -0.3 is 10.5 Å². The molecule has 1 atom stereocenters. The average Bonchev–Trinajstić information content (AvgIpc) is 2.57. The fraction of sp³-hybridized carbons (Fsp3) is 0.333. The molecular formula is C18H22N2O2. The third-order valence-electron chi connectivity index (χ3n) is 4.07. The highest BCUT2D eigenvalue weighted by atomic mass is 16.5. The summed E-state index contributed by atoms with van der Waals surface area (Å²) in [5.74, 6) is -0.279. The second-order valence-electron chi connectivity index (χ2n) is 5.44. The Kier molecular flexibility index (Phi) is 5.28. The molecule has 0 saturated carbocycles. The molecule has 0 aliphatic rings. The minimum atomic E-state index is -0.791. The molecule has 0 radical (unpaired) electrons. The SMILES string of the molecule is CCC(CN)(C(=O)OCc1ccncc1)c1ccc(C)cc1. The van der Waals surface area contributed by atoms with Crippen molar-refractivity contribution in [1.29, 1.82) is 0 Å². The molecule has 1 unspecified atom stereocenters. The first kappa shape index (κ1) is 16.2. The second kappa shape index (κ2) is 7.18. The average molecular weight is 298 g/mol. The van der Waals surface area contributed by atoms with Crippen molar-refractivity contribution in [2.24, 2.45) is 5.73 Å².